The van der Waals surface area contributed by atoms with E-state index in [9.17, 15) is 31.1 Å². The number of rotatable bonds is 7. The summed E-state index contributed by atoms with van der Waals surface area (Å²) in [4.78, 5) is 34.2. The SMILES string of the molecule is O=C(NCc1ccccn1)c1ccc(C2CC2NCC2CC2)cc1.O=C(O)C(F)(F)F.O=C(O)C(F)(F)F. The second-order valence-corrected chi connectivity index (χ2v) is 8.53. The molecule has 1 heterocycles. The van der Waals surface area contributed by atoms with Crippen LogP contribution in [0.25, 0.3) is 0 Å². The maximum Gasteiger partial charge on any atom is 0.490 e. The summed E-state index contributed by atoms with van der Waals surface area (Å²) in [7, 11) is 0. The van der Waals surface area contributed by atoms with Gasteiger partial charge in [-0.25, -0.2) is 9.59 Å². The number of nitrogens with one attached hydrogen (secondary N) is 2. The third-order valence-electron chi connectivity index (χ3n) is 5.40. The van der Waals surface area contributed by atoms with Gasteiger partial charge in [-0.15, -0.1) is 0 Å². The van der Waals surface area contributed by atoms with Crippen LogP contribution in [0, 0.1) is 5.92 Å². The quantitative estimate of drug-likeness (QED) is 0.383. The summed E-state index contributed by atoms with van der Waals surface area (Å²) in [6.07, 6.45) is -4.42. The van der Waals surface area contributed by atoms with Crippen molar-refractivity contribution < 1.29 is 50.9 Å². The van der Waals surface area contributed by atoms with Gasteiger partial charge in [-0.1, -0.05) is 18.2 Å². The number of hydrogen-bond acceptors (Lipinski definition) is 5. The molecule has 38 heavy (non-hydrogen) atoms. The molecule has 0 spiro atoms. The van der Waals surface area contributed by atoms with E-state index >= 15 is 0 Å². The zero-order valence-corrected chi connectivity index (χ0v) is 19.7. The van der Waals surface area contributed by atoms with Crippen molar-refractivity contribution in [3.63, 3.8) is 0 Å². The van der Waals surface area contributed by atoms with Crippen LogP contribution >= 0.6 is 0 Å². The summed E-state index contributed by atoms with van der Waals surface area (Å²) in [5, 5.41) is 20.8. The van der Waals surface area contributed by atoms with Gasteiger partial charge in [0.15, 0.2) is 0 Å². The summed E-state index contributed by atoms with van der Waals surface area (Å²) < 4.78 is 63.5. The molecule has 2 unspecified atom stereocenters. The van der Waals surface area contributed by atoms with Crippen LogP contribution in [0.4, 0.5) is 26.3 Å². The number of nitrogens with zero attached hydrogens (tertiary/aromatic N) is 1. The second-order valence-electron chi connectivity index (χ2n) is 8.53. The molecule has 0 saturated heterocycles. The molecule has 1 amide bonds. The normalized spacial score (nSPS) is 18.2. The van der Waals surface area contributed by atoms with Crippen molar-refractivity contribution in [2.45, 2.75) is 50.1 Å². The van der Waals surface area contributed by atoms with E-state index in [0.717, 1.165) is 11.6 Å². The van der Waals surface area contributed by atoms with Gasteiger partial charge in [0, 0.05) is 23.7 Å². The van der Waals surface area contributed by atoms with Crippen LogP contribution in [0.5, 0.6) is 0 Å². The average molecular weight is 549 g/mol. The van der Waals surface area contributed by atoms with Crippen molar-refractivity contribution in [2.24, 2.45) is 5.92 Å². The molecule has 2 fully saturated rings. The smallest absolute Gasteiger partial charge is 0.475 e. The van der Waals surface area contributed by atoms with Crippen LogP contribution in [0.3, 0.4) is 0 Å². The van der Waals surface area contributed by atoms with E-state index in [1.165, 1.54) is 31.4 Å². The monoisotopic (exact) mass is 549 g/mol. The Labute approximate surface area is 213 Å². The first-order valence-corrected chi connectivity index (χ1v) is 11.3. The molecule has 0 bridgehead atoms. The van der Waals surface area contributed by atoms with Gasteiger partial charge in [-0.05, 0) is 61.6 Å². The van der Waals surface area contributed by atoms with E-state index in [4.69, 9.17) is 19.8 Å². The molecule has 2 aromatic rings. The molecule has 2 aliphatic rings. The van der Waals surface area contributed by atoms with Gasteiger partial charge < -0.3 is 20.8 Å². The summed E-state index contributed by atoms with van der Waals surface area (Å²) in [5.41, 5.74) is 2.91. The first kappa shape index (κ1) is 30.5. The van der Waals surface area contributed by atoms with Crippen LogP contribution in [0.15, 0.2) is 48.7 Å². The summed E-state index contributed by atoms with van der Waals surface area (Å²) in [5.74, 6) is -4.02. The Balaban J connectivity index is 0.000000301. The Kier molecular flexibility index (Phi) is 10.6. The number of alkyl halides is 6. The molecule has 14 heteroatoms. The third-order valence-corrected chi connectivity index (χ3v) is 5.40. The molecular formula is C24H25F6N3O5. The Morgan fingerprint density at radius 1 is 0.895 bits per heavy atom. The van der Waals surface area contributed by atoms with Gasteiger partial charge in [0.05, 0.1) is 12.2 Å². The van der Waals surface area contributed by atoms with Gasteiger partial charge in [0.1, 0.15) is 0 Å². The van der Waals surface area contributed by atoms with E-state index in [1.54, 1.807) is 6.20 Å². The van der Waals surface area contributed by atoms with E-state index in [0.29, 0.717) is 24.1 Å². The molecule has 1 aromatic heterocycles. The summed E-state index contributed by atoms with van der Waals surface area (Å²) >= 11 is 0. The fraction of sp³-hybridized carbons (Fsp3) is 0.417. The van der Waals surface area contributed by atoms with Crippen LogP contribution in [0.1, 0.15) is 46.8 Å². The molecule has 1 aromatic carbocycles. The highest BCUT2D eigenvalue weighted by Crippen LogP contribution is 2.41. The largest absolute Gasteiger partial charge is 0.490 e. The number of aromatic nitrogens is 1. The lowest BCUT2D eigenvalue weighted by Gasteiger charge is -2.07. The van der Waals surface area contributed by atoms with Crippen molar-refractivity contribution in [1.82, 2.24) is 15.6 Å². The van der Waals surface area contributed by atoms with Crippen molar-refractivity contribution in [3.05, 3.63) is 65.5 Å². The zero-order chi connectivity index (χ0) is 28.5. The number of carbonyl (C=O) groups excluding carboxylic acids is 1. The van der Waals surface area contributed by atoms with Crippen molar-refractivity contribution in [2.75, 3.05) is 6.54 Å². The molecule has 2 atom stereocenters. The minimum absolute atomic E-state index is 0.0496. The molecular weight excluding hydrogens is 524 g/mol. The average Bonchev–Trinajstić information content (AvgIpc) is 3.77. The maximum atomic E-state index is 12.2. The number of aliphatic carboxylic acids is 2. The predicted molar refractivity (Wildman–Crippen MR) is 121 cm³/mol. The first-order valence-electron chi connectivity index (χ1n) is 11.3. The van der Waals surface area contributed by atoms with Crippen LogP contribution < -0.4 is 10.6 Å². The number of halogens is 6. The number of carboxylic acids is 2. The lowest BCUT2D eigenvalue weighted by Crippen LogP contribution is -2.23. The lowest BCUT2D eigenvalue weighted by molar-refractivity contribution is -0.193. The molecule has 208 valence electrons. The van der Waals surface area contributed by atoms with Crippen LogP contribution in [0.2, 0.25) is 0 Å². The Bertz CT molecular complexity index is 1050. The lowest BCUT2D eigenvalue weighted by atomic mass is 10.1. The van der Waals surface area contributed by atoms with Crippen molar-refractivity contribution in [3.8, 4) is 0 Å². The van der Waals surface area contributed by atoms with Crippen molar-refractivity contribution in [1.29, 1.82) is 0 Å². The predicted octanol–water partition coefficient (Wildman–Crippen LogP) is 4.13. The van der Waals surface area contributed by atoms with Crippen LogP contribution in [-0.4, -0.2) is 58.0 Å². The zero-order valence-electron chi connectivity index (χ0n) is 19.7. The fourth-order valence-corrected chi connectivity index (χ4v) is 3.09. The number of carbonyl (C=O) groups is 3. The highest BCUT2D eigenvalue weighted by Gasteiger charge is 2.39. The van der Waals surface area contributed by atoms with E-state index in [2.05, 4.69) is 27.8 Å². The van der Waals surface area contributed by atoms with Gasteiger partial charge in [-0.3, -0.25) is 9.78 Å². The molecule has 8 nitrogen and oxygen atoms in total. The molecule has 2 saturated carbocycles. The van der Waals surface area contributed by atoms with Gasteiger partial charge in [0.25, 0.3) is 5.91 Å². The summed E-state index contributed by atoms with van der Waals surface area (Å²) in [6, 6.07) is 14.4. The minimum atomic E-state index is -5.08. The number of pyridine rings is 1. The third kappa shape index (κ3) is 11.2. The van der Waals surface area contributed by atoms with E-state index in [-0.39, 0.29) is 5.91 Å². The van der Waals surface area contributed by atoms with Crippen molar-refractivity contribution >= 4 is 17.8 Å². The molecule has 0 aliphatic heterocycles. The number of carboxylic acid groups (broad SMARTS) is 2. The number of benzene rings is 1. The van der Waals surface area contributed by atoms with E-state index in [1.807, 2.05) is 30.3 Å². The van der Waals surface area contributed by atoms with Gasteiger partial charge >= 0.3 is 24.3 Å². The molecule has 4 rings (SSSR count). The molecule has 0 radical (unpaired) electrons. The summed E-state index contributed by atoms with van der Waals surface area (Å²) in [6.45, 7) is 1.63. The first-order chi connectivity index (χ1) is 17.7. The number of hydrogen-bond donors (Lipinski definition) is 4. The topological polar surface area (TPSA) is 129 Å². The molecule has 2 aliphatic carbocycles. The second kappa shape index (κ2) is 13.2. The Morgan fingerprint density at radius 2 is 1.45 bits per heavy atom. The fourth-order valence-electron chi connectivity index (χ4n) is 3.09. The Morgan fingerprint density at radius 3 is 1.89 bits per heavy atom. The van der Waals surface area contributed by atoms with Crippen LogP contribution in [-0.2, 0) is 16.1 Å². The Hall–Kier alpha value is -3.68. The van der Waals surface area contributed by atoms with E-state index < -0.39 is 24.3 Å². The highest BCUT2D eigenvalue weighted by atomic mass is 19.4. The van der Waals surface area contributed by atoms with Gasteiger partial charge in [0.2, 0.25) is 0 Å². The maximum absolute atomic E-state index is 12.2. The number of amides is 1. The standard InChI is InChI=1S/C20H23N3O.2C2HF3O2/c24-20(23-13-17-3-1-2-10-21-17)16-8-6-15(7-9-16)18-11-19(18)22-12-14-4-5-14;2*3-2(4,5)1(6)7/h1-3,6-10,14,18-19,22H,4-5,11-13H2,(H,23,24);2*(H,6,7). The minimum Gasteiger partial charge on any atom is -0.475 e. The molecule has 4 N–H and O–H groups in total. The van der Waals surface area contributed by atoms with Gasteiger partial charge in [-0.2, -0.15) is 26.3 Å². The highest BCUT2D eigenvalue weighted by molar-refractivity contribution is 5.94.